The van der Waals surface area contributed by atoms with Gasteiger partial charge in [0.05, 0.1) is 26.4 Å². The molecule has 0 aliphatic carbocycles. The highest BCUT2D eigenvalue weighted by Crippen LogP contribution is 2.45. The van der Waals surface area contributed by atoms with Gasteiger partial charge in [0.25, 0.3) is 0 Å². The minimum atomic E-state index is -4.94. The summed E-state index contributed by atoms with van der Waals surface area (Å²) in [4.78, 5) is 72.2. The molecule has 0 fully saturated rings. The Kier molecular flexibility index (Phi) is 53.0. The van der Waals surface area contributed by atoms with Crippen LogP contribution in [0.25, 0.3) is 0 Å². The smallest absolute Gasteiger partial charge is 0.462 e. The van der Waals surface area contributed by atoms with Crippen molar-refractivity contribution >= 4 is 39.5 Å². The van der Waals surface area contributed by atoms with Crippen molar-refractivity contribution < 1.29 is 80.2 Å². The fraction of sp³-hybridized carbons (Fsp3) is 0.938. The highest BCUT2D eigenvalue weighted by Gasteiger charge is 2.30. The molecule has 0 aliphatic heterocycles. The molecule has 3 unspecified atom stereocenters. The van der Waals surface area contributed by atoms with Crippen LogP contribution < -0.4 is 0 Å². The van der Waals surface area contributed by atoms with Crippen molar-refractivity contribution in [1.29, 1.82) is 0 Å². The van der Waals surface area contributed by atoms with Gasteiger partial charge in [0.2, 0.25) is 0 Å². The number of ether oxygens (including phenoxy) is 4. The van der Waals surface area contributed by atoms with Crippen molar-refractivity contribution in [3.63, 3.8) is 0 Å². The molecule has 0 aromatic rings. The first-order chi connectivity index (χ1) is 39.6. The molecule has 0 rings (SSSR count). The van der Waals surface area contributed by atoms with E-state index in [1.807, 2.05) is 0 Å². The SMILES string of the molecule is CCC(C)CCCCCCCCCCC(=O)O[C@H](COC(=O)CCCCCCCCC(C)C)COP(=O)(O)OC[C@H](O)COP(=O)(O)OC[C@@H](COC(=O)CCCCCCCCCCCCC(C)C)OC(=O)CCCCCCCCC(C)C. The van der Waals surface area contributed by atoms with Gasteiger partial charge in [-0.05, 0) is 49.4 Å². The van der Waals surface area contributed by atoms with E-state index in [2.05, 4.69) is 55.4 Å². The fourth-order valence-corrected chi connectivity index (χ4v) is 11.0. The molecule has 3 N–H and O–H groups in total. The number of unbranched alkanes of at least 4 members (excludes halogenated alkanes) is 26. The van der Waals surface area contributed by atoms with Gasteiger partial charge in [-0.3, -0.25) is 37.3 Å². The molecule has 0 spiro atoms. The molecular formula is C64H124O17P2. The lowest BCUT2D eigenvalue weighted by Crippen LogP contribution is -2.30. The first kappa shape index (κ1) is 81.1. The molecule has 83 heavy (non-hydrogen) atoms. The van der Waals surface area contributed by atoms with Gasteiger partial charge in [-0.1, -0.05) is 254 Å². The molecule has 6 atom stereocenters. The number of phosphoric ester groups is 2. The number of carbonyl (C=O) groups excluding carboxylic acids is 4. The number of esters is 4. The maximum atomic E-state index is 13.0. The number of phosphoric acid groups is 2. The van der Waals surface area contributed by atoms with Gasteiger partial charge in [0, 0.05) is 25.7 Å². The Balaban J connectivity index is 5.23. The Morgan fingerprint density at radius 3 is 0.855 bits per heavy atom. The van der Waals surface area contributed by atoms with Gasteiger partial charge >= 0.3 is 39.5 Å². The van der Waals surface area contributed by atoms with Crippen LogP contribution in [-0.4, -0.2) is 96.7 Å². The molecule has 492 valence electrons. The quantitative estimate of drug-likeness (QED) is 0.0222. The number of rotatable bonds is 61. The third-order valence-corrected chi connectivity index (χ3v) is 16.8. The van der Waals surface area contributed by atoms with E-state index in [9.17, 15) is 43.2 Å². The van der Waals surface area contributed by atoms with E-state index in [-0.39, 0.29) is 25.7 Å². The van der Waals surface area contributed by atoms with Crippen LogP contribution in [0.15, 0.2) is 0 Å². The number of aliphatic hydroxyl groups excluding tert-OH is 1. The van der Waals surface area contributed by atoms with E-state index in [0.717, 1.165) is 108 Å². The Hall–Kier alpha value is -1.94. The van der Waals surface area contributed by atoms with Gasteiger partial charge in [-0.25, -0.2) is 9.13 Å². The van der Waals surface area contributed by atoms with Crippen LogP contribution in [0.5, 0.6) is 0 Å². The van der Waals surface area contributed by atoms with Crippen LogP contribution in [0, 0.1) is 23.7 Å². The largest absolute Gasteiger partial charge is 0.472 e. The van der Waals surface area contributed by atoms with E-state index in [4.69, 9.17) is 37.0 Å². The standard InChI is InChI=1S/C64H124O17P2/c1-9-57(8)43-35-27-17-14-15-19-30-38-46-63(68)80-59(51-75-62(67)45-37-29-22-20-25-33-41-55(4)5)52-78-82(70,71)76-48-58(65)49-77-83(72,73)79-53-60(81-64(69)47-39-31-23-21-26-34-42-56(6)7)50-74-61(66)44-36-28-18-13-11-10-12-16-24-32-40-54(2)3/h54-60,65H,9-53H2,1-8H3,(H,70,71)(H,72,73)/t57?,58-,59+,60+/m0/s1. The summed E-state index contributed by atoms with van der Waals surface area (Å²) in [6, 6.07) is 0. The molecular weight excluding hydrogens is 1100 g/mol. The summed E-state index contributed by atoms with van der Waals surface area (Å²) in [6.07, 6.45) is 33.7. The number of hydrogen-bond acceptors (Lipinski definition) is 15. The molecule has 0 radical (unpaired) electrons. The topological polar surface area (TPSA) is 237 Å². The van der Waals surface area contributed by atoms with E-state index in [0.29, 0.717) is 37.5 Å². The van der Waals surface area contributed by atoms with Crippen molar-refractivity contribution in [3.8, 4) is 0 Å². The molecule has 0 aromatic carbocycles. The molecule has 0 aliphatic rings. The fourth-order valence-electron chi connectivity index (χ4n) is 9.40. The molecule has 19 heteroatoms. The van der Waals surface area contributed by atoms with E-state index < -0.39 is 97.5 Å². The second kappa shape index (κ2) is 54.2. The first-order valence-electron chi connectivity index (χ1n) is 33.2. The van der Waals surface area contributed by atoms with Gasteiger partial charge < -0.3 is 33.8 Å². The monoisotopic (exact) mass is 1230 g/mol. The third-order valence-electron chi connectivity index (χ3n) is 14.9. The van der Waals surface area contributed by atoms with E-state index in [1.165, 1.54) is 103 Å². The summed E-state index contributed by atoms with van der Waals surface area (Å²) in [6.45, 7) is 13.9. The van der Waals surface area contributed by atoms with Gasteiger partial charge in [-0.15, -0.1) is 0 Å². The minimum absolute atomic E-state index is 0.101. The highest BCUT2D eigenvalue weighted by atomic mass is 31.2. The molecule has 0 heterocycles. The van der Waals surface area contributed by atoms with Crippen LogP contribution in [0.2, 0.25) is 0 Å². The maximum absolute atomic E-state index is 13.0. The lowest BCUT2D eigenvalue weighted by Gasteiger charge is -2.21. The number of carbonyl (C=O) groups is 4. The lowest BCUT2D eigenvalue weighted by molar-refractivity contribution is -0.161. The lowest BCUT2D eigenvalue weighted by atomic mass is 9.99. The van der Waals surface area contributed by atoms with Crippen molar-refractivity contribution in [3.05, 3.63) is 0 Å². The molecule has 17 nitrogen and oxygen atoms in total. The number of hydrogen-bond donors (Lipinski definition) is 3. The van der Waals surface area contributed by atoms with Crippen molar-refractivity contribution in [2.75, 3.05) is 39.6 Å². The first-order valence-corrected chi connectivity index (χ1v) is 36.2. The Labute approximate surface area is 505 Å². The Morgan fingerprint density at radius 1 is 0.337 bits per heavy atom. The Bertz CT molecular complexity index is 1660. The highest BCUT2D eigenvalue weighted by molar-refractivity contribution is 7.47. The number of aliphatic hydroxyl groups is 1. The summed E-state index contributed by atoms with van der Waals surface area (Å²) < 4.78 is 67.9. The maximum Gasteiger partial charge on any atom is 0.472 e. The predicted molar refractivity (Wildman–Crippen MR) is 331 cm³/mol. The van der Waals surface area contributed by atoms with Crippen LogP contribution >= 0.6 is 15.6 Å². The van der Waals surface area contributed by atoms with Crippen molar-refractivity contribution in [2.45, 2.75) is 324 Å². The van der Waals surface area contributed by atoms with Crippen LogP contribution in [0.3, 0.4) is 0 Å². The molecule has 0 amide bonds. The van der Waals surface area contributed by atoms with Crippen LogP contribution in [0.4, 0.5) is 0 Å². The molecule has 0 bridgehead atoms. The normalized spacial score (nSPS) is 14.8. The zero-order chi connectivity index (χ0) is 61.8. The Morgan fingerprint density at radius 2 is 0.578 bits per heavy atom. The average molecular weight is 1230 g/mol. The third kappa shape index (κ3) is 57.6. The summed E-state index contributed by atoms with van der Waals surface area (Å²) in [7, 11) is -9.89. The summed E-state index contributed by atoms with van der Waals surface area (Å²) in [5.74, 6) is 0.732. The molecule has 0 saturated carbocycles. The van der Waals surface area contributed by atoms with Crippen LogP contribution in [-0.2, 0) is 65.4 Å². The van der Waals surface area contributed by atoms with Gasteiger partial charge in [0.1, 0.15) is 19.3 Å². The summed E-state index contributed by atoms with van der Waals surface area (Å²) >= 11 is 0. The average Bonchev–Trinajstić information content (AvgIpc) is 3.44. The predicted octanol–water partition coefficient (Wildman–Crippen LogP) is 17.4. The summed E-state index contributed by atoms with van der Waals surface area (Å²) in [5, 5.41) is 10.5. The van der Waals surface area contributed by atoms with Crippen molar-refractivity contribution in [1.82, 2.24) is 0 Å². The van der Waals surface area contributed by atoms with Crippen molar-refractivity contribution in [2.24, 2.45) is 23.7 Å². The van der Waals surface area contributed by atoms with Crippen LogP contribution in [0.1, 0.15) is 306 Å². The van der Waals surface area contributed by atoms with E-state index in [1.54, 1.807) is 0 Å². The van der Waals surface area contributed by atoms with E-state index >= 15 is 0 Å². The zero-order valence-electron chi connectivity index (χ0n) is 53.8. The molecule has 0 saturated heterocycles. The van der Waals surface area contributed by atoms with Gasteiger partial charge in [0.15, 0.2) is 12.2 Å². The second-order valence-corrected chi connectivity index (χ2v) is 27.7. The summed E-state index contributed by atoms with van der Waals surface area (Å²) in [5.41, 5.74) is 0. The minimum Gasteiger partial charge on any atom is -0.462 e. The zero-order valence-corrected chi connectivity index (χ0v) is 55.6. The molecule has 0 aromatic heterocycles. The van der Waals surface area contributed by atoms with Gasteiger partial charge in [-0.2, -0.15) is 0 Å². The second-order valence-electron chi connectivity index (χ2n) is 24.8.